The third-order valence-electron chi connectivity index (χ3n) is 12.6. The van der Waals surface area contributed by atoms with Crippen LogP contribution in [0, 0.1) is 22.7 Å². The van der Waals surface area contributed by atoms with Crippen molar-refractivity contribution in [3.8, 4) is 79.7 Å². The minimum Gasteiger partial charge on any atom is -0.309 e. The molecule has 6 heteroatoms. The molecule has 6 nitrogen and oxygen atoms in total. The molecular formula is C60H36N6. The van der Waals surface area contributed by atoms with E-state index in [1.54, 1.807) is 0 Å². The third-order valence-corrected chi connectivity index (χ3v) is 12.6. The molecule has 0 saturated heterocycles. The van der Waals surface area contributed by atoms with Crippen LogP contribution in [-0.2, 0) is 0 Å². The van der Waals surface area contributed by atoms with Crippen LogP contribution in [0.5, 0.6) is 0 Å². The molecule has 4 heterocycles. The van der Waals surface area contributed by atoms with Gasteiger partial charge in [0, 0.05) is 49.4 Å². The predicted molar refractivity (Wildman–Crippen MR) is 267 cm³/mol. The van der Waals surface area contributed by atoms with E-state index in [9.17, 15) is 10.5 Å². The molecule has 0 aliphatic heterocycles. The first-order chi connectivity index (χ1) is 32.6. The van der Waals surface area contributed by atoms with Gasteiger partial charge in [-0.3, -0.25) is 0 Å². The number of nitrogens with zero attached hydrogens (tertiary/aromatic N) is 6. The van der Waals surface area contributed by atoms with E-state index in [1.165, 1.54) is 0 Å². The van der Waals surface area contributed by atoms with Crippen molar-refractivity contribution in [3.63, 3.8) is 0 Å². The number of rotatable bonds is 7. The zero-order chi connectivity index (χ0) is 44.1. The van der Waals surface area contributed by atoms with Crippen LogP contribution in [0.3, 0.4) is 0 Å². The van der Waals surface area contributed by atoms with Crippen molar-refractivity contribution in [1.29, 1.82) is 10.5 Å². The standard InChI is InChI=1S/C60H36N6/c61-37-39-14-11-19-42(32-39)48-36-59(65-55-26-9-7-20-46(55)49-33-43(28-30-57(49)65)53-24-12-22-51(63-53)40-15-3-1-4-16-40)45(38-62)35-60(48)66-56-27-10-8-21-47(56)50-34-44(29-31-58(50)66)54-25-13-23-52(64-54)41-17-5-2-6-18-41/h1-36H. The minimum atomic E-state index is 0.513. The van der Waals surface area contributed by atoms with Gasteiger partial charge in [0.05, 0.1) is 73.4 Å². The topological polar surface area (TPSA) is 83.2 Å². The van der Waals surface area contributed by atoms with Crippen LogP contribution in [0.2, 0.25) is 0 Å². The summed E-state index contributed by atoms with van der Waals surface area (Å²) >= 11 is 0. The van der Waals surface area contributed by atoms with E-state index in [2.05, 4.69) is 155 Å². The average molecular weight is 841 g/mol. The van der Waals surface area contributed by atoms with Crippen molar-refractivity contribution >= 4 is 43.6 Å². The number of para-hydroxylation sites is 2. The van der Waals surface area contributed by atoms with E-state index in [0.29, 0.717) is 11.1 Å². The first-order valence-corrected chi connectivity index (χ1v) is 21.8. The predicted octanol–water partition coefficient (Wildman–Crippen LogP) is 14.7. The molecule has 306 valence electrons. The van der Waals surface area contributed by atoms with Crippen molar-refractivity contribution in [2.45, 2.75) is 0 Å². The second-order valence-electron chi connectivity index (χ2n) is 16.4. The molecule has 12 aromatic rings. The van der Waals surface area contributed by atoms with Crippen molar-refractivity contribution in [1.82, 2.24) is 19.1 Å². The van der Waals surface area contributed by atoms with E-state index >= 15 is 0 Å². The lowest BCUT2D eigenvalue weighted by atomic mass is 9.98. The van der Waals surface area contributed by atoms with Crippen LogP contribution in [0.1, 0.15) is 11.1 Å². The Kier molecular flexibility index (Phi) is 9.16. The second kappa shape index (κ2) is 15.8. The molecule has 0 atom stereocenters. The molecule has 0 saturated carbocycles. The fraction of sp³-hybridized carbons (Fsp3) is 0. The summed E-state index contributed by atoms with van der Waals surface area (Å²) in [4.78, 5) is 10.2. The van der Waals surface area contributed by atoms with Crippen LogP contribution < -0.4 is 0 Å². The van der Waals surface area contributed by atoms with Gasteiger partial charge in [0.1, 0.15) is 6.07 Å². The second-order valence-corrected chi connectivity index (χ2v) is 16.4. The van der Waals surface area contributed by atoms with Crippen molar-refractivity contribution in [3.05, 3.63) is 230 Å². The third kappa shape index (κ3) is 6.41. The van der Waals surface area contributed by atoms with Gasteiger partial charge in [-0.15, -0.1) is 0 Å². The summed E-state index contributed by atoms with van der Waals surface area (Å²) in [6, 6.07) is 79.4. The van der Waals surface area contributed by atoms with E-state index in [4.69, 9.17) is 9.97 Å². The molecule has 0 fully saturated rings. The smallest absolute Gasteiger partial charge is 0.101 e. The Morgan fingerprint density at radius 2 is 0.773 bits per heavy atom. The summed E-state index contributed by atoms with van der Waals surface area (Å²) in [5.41, 5.74) is 16.1. The van der Waals surface area contributed by atoms with E-state index in [1.807, 2.05) is 84.9 Å². The van der Waals surface area contributed by atoms with Crippen molar-refractivity contribution < 1.29 is 0 Å². The van der Waals surface area contributed by atoms with E-state index in [0.717, 1.165) is 111 Å². The summed E-state index contributed by atoms with van der Waals surface area (Å²) in [5.74, 6) is 0. The van der Waals surface area contributed by atoms with Crippen LogP contribution >= 0.6 is 0 Å². The Morgan fingerprint density at radius 3 is 1.30 bits per heavy atom. The molecule has 0 spiro atoms. The zero-order valence-corrected chi connectivity index (χ0v) is 35.5. The summed E-state index contributed by atoms with van der Waals surface area (Å²) in [6.07, 6.45) is 0. The highest BCUT2D eigenvalue weighted by molar-refractivity contribution is 6.12. The van der Waals surface area contributed by atoms with Gasteiger partial charge in [-0.25, -0.2) is 9.97 Å². The Bertz CT molecular complexity index is 3960. The molecule has 0 amide bonds. The van der Waals surface area contributed by atoms with Gasteiger partial charge in [0.15, 0.2) is 0 Å². The molecule has 8 aromatic carbocycles. The first kappa shape index (κ1) is 38.3. The molecule has 0 bridgehead atoms. The molecule has 4 aromatic heterocycles. The molecule has 0 aliphatic rings. The normalized spacial score (nSPS) is 11.3. The van der Waals surface area contributed by atoms with Gasteiger partial charge in [-0.05, 0) is 90.5 Å². The van der Waals surface area contributed by atoms with Gasteiger partial charge in [0.25, 0.3) is 0 Å². The summed E-state index contributed by atoms with van der Waals surface area (Å²) in [5, 5.41) is 25.6. The summed E-state index contributed by atoms with van der Waals surface area (Å²) in [6.45, 7) is 0. The number of hydrogen-bond acceptors (Lipinski definition) is 4. The maximum atomic E-state index is 11.2. The molecule has 12 rings (SSSR count). The number of fused-ring (bicyclic) bond motifs is 6. The lowest BCUT2D eigenvalue weighted by molar-refractivity contribution is 1.14. The van der Waals surface area contributed by atoms with Crippen LogP contribution in [0.4, 0.5) is 0 Å². The van der Waals surface area contributed by atoms with Crippen LogP contribution in [0.25, 0.3) is 111 Å². The van der Waals surface area contributed by atoms with Crippen LogP contribution in [0.15, 0.2) is 218 Å². The zero-order valence-electron chi connectivity index (χ0n) is 35.5. The highest BCUT2D eigenvalue weighted by atomic mass is 15.0. The Hall–Kier alpha value is -9.36. The lowest BCUT2D eigenvalue weighted by Crippen LogP contribution is -2.04. The molecule has 0 N–H and O–H groups in total. The Balaban J connectivity index is 1.07. The lowest BCUT2D eigenvalue weighted by Gasteiger charge is -2.19. The highest BCUT2D eigenvalue weighted by Crippen LogP contribution is 2.42. The largest absolute Gasteiger partial charge is 0.309 e. The quantitative estimate of drug-likeness (QED) is 0.160. The fourth-order valence-corrected chi connectivity index (χ4v) is 9.54. The summed E-state index contributed by atoms with van der Waals surface area (Å²) < 4.78 is 4.47. The average Bonchev–Trinajstić information content (AvgIpc) is 3.91. The van der Waals surface area contributed by atoms with Gasteiger partial charge in [-0.1, -0.05) is 133 Å². The fourth-order valence-electron chi connectivity index (χ4n) is 9.54. The van der Waals surface area contributed by atoms with Gasteiger partial charge in [-0.2, -0.15) is 10.5 Å². The van der Waals surface area contributed by atoms with Crippen molar-refractivity contribution in [2.75, 3.05) is 0 Å². The Labute approximate surface area is 380 Å². The van der Waals surface area contributed by atoms with Gasteiger partial charge >= 0.3 is 0 Å². The molecule has 0 radical (unpaired) electrons. The monoisotopic (exact) mass is 840 g/mol. The first-order valence-electron chi connectivity index (χ1n) is 21.8. The van der Waals surface area contributed by atoms with E-state index in [-0.39, 0.29) is 0 Å². The minimum absolute atomic E-state index is 0.513. The SMILES string of the molecule is N#Cc1cccc(-c2cc(-n3c4ccccc4c4cc(-c5cccc(-c6ccccc6)n5)ccc43)c(C#N)cc2-n2c3ccccc3c3cc(-c4cccc(-c5ccccc5)n4)ccc32)c1. The number of benzene rings is 8. The highest BCUT2D eigenvalue weighted by Gasteiger charge is 2.23. The number of aromatic nitrogens is 4. The maximum Gasteiger partial charge on any atom is 0.101 e. The molecular weight excluding hydrogens is 805 g/mol. The number of nitriles is 2. The van der Waals surface area contributed by atoms with Crippen molar-refractivity contribution in [2.24, 2.45) is 0 Å². The molecule has 0 unspecified atom stereocenters. The molecule has 66 heavy (non-hydrogen) atoms. The summed E-state index contributed by atoms with van der Waals surface area (Å²) in [7, 11) is 0. The van der Waals surface area contributed by atoms with Crippen LogP contribution in [-0.4, -0.2) is 19.1 Å². The molecule has 0 aliphatic carbocycles. The van der Waals surface area contributed by atoms with Gasteiger partial charge < -0.3 is 9.13 Å². The number of pyridine rings is 2. The number of hydrogen-bond donors (Lipinski definition) is 0. The van der Waals surface area contributed by atoms with E-state index < -0.39 is 0 Å². The Morgan fingerprint density at radius 1 is 0.318 bits per heavy atom. The van der Waals surface area contributed by atoms with Gasteiger partial charge in [0.2, 0.25) is 0 Å². The maximum absolute atomic E-state index is 11.2.